The zero-order valence-electron chi connectivity index (χ0n) is 15.4. The van der Waals surface area contributed by atoms with Gasteiger partial charge in [0.25, 0.3) is 0 Å². The maximum Gasteiger partial charge on any atom is 0.226 e. The number of carbonyl (C=O) groups is 1. The van der Waals surface area contributed by atoms with Crippen molar-refractivity contribution in [2.24, 2.45) is 5.92 Å². The maximum atomic E-state index is 12.9. The number of aryl methyl sites for hydroxylation is 2. The van der Waals surface area contributed by atoms with Gasteiger partial charge in [-0.1, -0.05) is 47.5 Å². The molecule has 2 fully saturated rings. The molecule has 0 radical (unpaired) electrons. The first-order chi connectivity index (χ1) is 12.5. The van der Waals surface area contributed by atoms with Crippen LogP contribution in [0.25, 0.3) is 0 Å². The third-order valence-corrected chi connectivity index (χ3v) is 5.92. The van der Waals surface area contributed by atoms with Crippen molar-refractivity contribution in [3.8, 4) is 0 Å². The minimum Gasteiger partial charge on any atom is -0.368 e. The second-order valence-corrected chi connectivity index (χ2v) is 8.04. The largest absolute Gasteiger partial charge is 0.368 e. The summed E-state index contributed by atoms with van der Waals surface area (Å²) in [5, 5.41) is 0.767. The number of carbonyl (C=O) groups excluding carboxylic acids is 1. The molecule has 2 aromatic carbocycles. The van der Waals surface area contributed by atoms with E-state index in [9.17, 15) is 4.79 Å². The van der Waals surface area contributed by atoms with E-state index in [-0.39, 0.29) is 5.92 Å². The summed E-state index contributed by atoms with van der Waals surface area (Å²) in [7, 11) is 0. The minimum atomic E-state index is 0.177. The van der Waals surface area contributed by atoms with Gasteiger partial charge in [0, 0.05) is 42.8 Å². The van der Waals surface area contributed by atoms with Crippen molar-refractivity contribution < 1.29 is 4.79 Å². The second kappa shape index (κ2) is 6.96. The SMILES string of the molecule is Cc1cccc(C2C[C@@H]2C(=O)N2CCN(c3cc(Cl)ccc3C)CC2)c1. The van der Waals surface area contributed by atoms with E-state index in [4.69, 9.17) is 11.6 Å². The monoisotopic (exact) mass is 368 g/mol. The van der Waals surface area contributed by atoms with E-state index in [1.54, 1.807) is 0 Å². The van der Waals surface area contributed by atoms with Crippen molar-refractivity contribution in [1.82, 2.24) is 4.90 Å². The zero-order valence-corrected chi connectivity index (χ0v) is 16.2. The molecule has 1 unspecified atom stereocenters. The van der Waals surface area contributed by atoms with Gasteiger partial charge in [-0.05, 0) is 49.4 Å². The molecule has 0 aromatic heterocycles. The molecule has 0 spiro atoms. The molecule has 1 saturated carbocycles. The van der Waals surface area contributed by atoms with Gasteiger partial charge in [0.1, 0.15) is 0 Å². The van der Waals surface area contributed by atoms with Crippen LogP contribution in [0.1, 0.15) is 29.0 Å². The van der Waals surface area contributed by atoms with Crippen LogP contribution in [0.5, 0.6) is 0 Å². The van der Waals surface area contributed by atoms with E-state index in [2.05, 4.69) is 54.0 Å². The van der Waals surface area contributed by atoms with Gasteiger partial charge in [-0.3, -0.25) is 4.79 Å². The zero-order chi connectivity index (χ0) is 18.3. The van der Waals surface area contributed by atoms with Crippen molar-refractivity contribution in [2.75, 3.05) is 31.1 Å². The quantitative estimate of drug-likeness (QED) is 0.801. The molecule has 1 aliphatic heterocycles. The molecule has 2 aromatic rings. The molecule has 0 N–H and O–H groups in total. The molecular formula is C22H25ClN2O. The van der Waals surface area contributed by atoms with Crippen molar-refractivity contribution in [2.45, 2.75) is 26.2 Å². The van der Waals surface area contributed by atoms with Gasteiger partial charge in [0.05, 0.1) is 0 Å². The maximum absolute atomic E-state index is 12.9. The molecule has 1 amide bonds. The van der Waals surface area contributed by atoms with Crippen LogP contribution in [0.2, 0.25) is 5.02 Å². The number of benzene rings is 2. The van der Waals surface area contributed by atoms with Gasteiger partial charge in [-0.25, -0.2) is 0 Å². The van der Waals surface area contributed by atoms with Gasteiger partial charge in [-0.2, -0.15) is 0 Å². The van der Waals surface area contributed by atoms with Crippen molar-refractivity contribution in [3.05, 3.63) is 64.2 Å². The number of halogens is 1. The Balaban J connectivity index is 1.36. The number of anilines is 1. The lowest BCUT2D eigenvalue weighted by Crippen LogP contribution is -2.49. The van der Waals surface area contributed by atoms with Crippen LogP contribution in [0.4, 0.5) is 5.69 Å². The van der Waals surface area contributed by atoms with Gasteiger partial charge in [0.15, 0.2) is 0 Å². The molecule has 1 saturated heterocycles. The Morgan fingerprint density at radius 1 is 1.04 bits per heavy atom. The van der Waals surface area contributed by atoms with Crippen molar-refractivity contribution in [1.29, 1.82) is 0 Å². The Hall–Kier alpha value is -2.00. The molecule has 0 bridgehead atoms. The predicted octanol–water partition coefficient (Wildman–Crippen LogP) is 4.41. The third-order valence-electron chi connectivity index (χ3n) is 5.68. The molecular weight excluding hydrogens is 344 g/mol. The number of rotatable bonds is 3. The molecule has 136 valence electrons. The Morgan fingerprint density at radius 2 is 1.81 bits per heavy atom. The first kappa shape index (κ1) is 17.4. The lowest BCUT2D eigenvalue weighted by atomic mass is 10.1. The number of piperazine rings is 1. The molecule has 26 heavy (non-hydrogen) atoms. The summed E-state index contributed by atoms with van der Waals surface area (Å²) in [4.78, 5) is 17.3. The highest BCUT2D eigenvalue weighted by Gasteiger charge is 2.46. The fourth-order valence-corrected chi connectivity index (χ4v) is 4.23. The molecule has 1 aliphatic carbocycles. The summed E-state index contributed by atoms with van der Waals surface area (Å²) in [5.41, 5.74) is 5.01. The van der Waals surface area contributed by atoms with Crippen LogP contribution in [-0.2, 0) is 4.79 Å². The summed E-state index contributed by atoms with van der Waals surface area (Å²) in [6, 6.07) is 14.6. The topological polar surface area (TPSA) is 23.6 Å². The molecule has 3 nitrogen and oxygen atoms in total. The van der Waals surface area contributed by atoms with Crippen LogP contribution in [0.3, 0.4) is 0 Å². The summed E-state index contributed by atoms with van der Waals surface area (Å²) >= 11 is 6.16. The Bertz CT molecular complexity index is 827. The summed E-state index contributed by atoms with van der Waals surface area (Å²) in [6.45, 7) is 7.55. The summed E-state index contributed by atoms with van der Waals surface area (Å²) < 4.78 is 0. The van der Waals surface area contributed by atoms with Gasteiger partial charge in [-0.15, -0.1) is 0 Å². The summed E-state index contributed by atoms with van der Waals surface area (Å²) in [5.74, 6) is 0.922. The average Bonchev–Trinajstić information content (AvgIpc) is 3.44. The van der Waals surface area contributed by atoms with Crippen LogP contribution >= 0.6 is 11.6 Å². The first-order valence-electron chi connectivity index (χ1n) is 9.39. The second-order valence-electron chi connectivity index (χ2n) is 7.61. The number of amides is 1. The highest BCUT2D eigenvalue weighted by molar-refractivity contribution is 6.30. The standard InChI is InChI=1S/C22H25ClN2O/c1-15-4-3-5-17(12-15)19-14-20(19)22(26)25-10-8-24(9-11-25)21-13-18(23)7-6-16(21)2/h3-7,12-13,19-20H,8-11,14H2,1-2H3/t19?,20-/m0/s1. The van der Waals surface area contributed by atoms with E-state index < -0.39 is 0 Å². The fraction of sp³-hybridized carbons (Fsp3) is 0.409. The van der Waals surface area contributed by atoms with E-state index >= 15 is 0 Å². The van der Waals surface area contributed by atoms with E-state index in [1.807, 2.05) is 12.1 Å². The van der Waals surface area contributed by atoms with E-state index in [1.165, 1.54) is 22.4 Å². The summed E-state index contributed by atoms with van der Waals surface area (Å²) in [6.07, 6.45) is 0.996. The minimum absolute atomic E-state index is 0.177. The van der Waals surface area contributed by atoms with Crippen LogP contribution < -0.4 is 4.90 Å². The molecule has 4 heteroatoms. The Morgan fingerprint density at radius 3 is 2.54 bits per heavy atom. The normalized spacial score (nSPS) is 22.4. The number of nitrogens with zero attached hydrogens (tertiary/aromatic N) is 2. The average molecular weight is 369 g/mol. The van der Waals surface area contributed by atoms with Gasteiger partial charge < -0.3 is 9.80 Å². The number of hydrogen-bond donors (Lipinski definition) is 0. The lowest BCUT2D eigenvalue weighted by molar-refractivity contribution is -0.132. The molecule has 4 rings (SSSR count). The number of hydrogen-bond acceptors (Lipinski definition) is 2. The van der Waals surface area contributed by atoms with Crippen LogP contribution in [0.15, 0.2) is 42.5 Å². The van der Waals surface area contributed by atoms with Crippen LogP contribution in [0, 0.1) is 19.8 Å². The predicted molar refractivity (Wildman–Crippen MR) is 107 cm³/mol. The van der Waals surface area contributed by atoms with Crippen molar-refractivity contribution >= 4 is 23.2 Å². The van der Waals surface area contributed by atoms with E-state index in [0.717, 1.165) is 37.6 Å². The Labute approximate surface area is 160 Å². The molecule has 2 aliphatic rings. The lowest BCUT2D eigenvalue weighted by Gasteiger charge is -2.37. The fourth-order valence-electron chi connectivity index (χ4n) is 4.06. The smallest absolute Gasteiger partial charge is 0.226 e. The van der Waals surface area contributed by atoms with Crippen molar-refractivity contribution in [3.63, 3.8) is 0 Å². The highest BCUT2D eigenvalue weighted by Crippen LogP contribution is 2.48. The first-order valence-corrected chi connectivity index (χ1v) is 9.77. The van der Waals surface area contributed by atoms with Crippen LogP contribution in [-0.4, -0.2) is 37.0 Å². The van der Waals surface area contributed by atoms with Gasteiger partial charge >= 0.3 is 0 Å². The molecule has 2 atom stereocenters. The Kier molecular flexibility index (Phi) is 4.66. The molecule has 1 heterocycles. The third kappa shape index (κ3) is 3.45. The van der Waals surface area contributed by atoms with E-state index in [0.29, 0.717) is 11.8 Å². The van der Waals surface area contributed by atoms with Gasteiger partial charge in [0.2, 0.25) is 5.91 Å². The highest BCUT2D eigenvalue weighted by atomic mass is 35.5.